The van der Waals surface area contributed by atoms with E-state index in [4.69, 9.17) is 11.6 Å². The normalized spacial score (nSPS) is 11.3. The van der Waals surface area contributed by atoms with Crippen molar-refractivity contribution in [3.63, 3.8) is 0 Å². The number of carbonyl (C=O) groups excluding carboxylic acids is 1. The molecule has 0 spiro atoms. The van der Waals surface area contributed by atoms with E-state index < -0.39 is 5.91 Å². The van der Waals surface area contributed by atoms with Crippen molar-refractivity contribution in [2.45, 2.75) is 20.3 Å². The third-order valence-electron chi connectivity index (χ3n) is 2.06. The molecular weight excluding hydrogens is 228 g/mol. The summed E-state index contributed by atoms with van der Waals surface area (Å²) in [4.78, 5) is 11.6. The van der Waals surface area contributed by atoms with Gasteiger partial charge < -0.3 is 5.11 Å². The molecule has 0 radical (unpaired) electrons. The molecule has 0 bridgehead atoms. The minimum absolute atomic E-state index is 0.111. The fourth-order valence-electron chi connectivity index (χ4n) is 0.976. The molecule has 4 nitrogen and oxygen atoms in total. The summed E-state index contributed by atoms with van der Waals surface area (Å²) in [6, 6.07) is 4.27. The molecule has 86 valence electrons. The van der Waals surface area contributed by atoms with Crippen LogP contribution in [0.3, 0.4) is 0 Å². The first-order chi connectivity index (χ1) is 7.54. The number of hydrogen-bond donors (Lipinski definition) is 2. The Morgan fingerprint density at radius 3 is 2.88 bits per heavy atom. The quantitative estimate of drug-likeness (QED) is 0.630. The molecule has 0 aliphatic carbocycles. The van der Waals surface area contributed by atoms with Crippen LogP contribution >= 0.6 is 11.6 Å². The van der Waals surface area contributed by atoms with Gasteiger partial charge in [-0.15, -0.1) is 0 Å². The summed E-state index contributed by atoms with van der Waals surface area (Å²) in [7, 11) is 0. The van der Waals surface area contributed by atoms with Gasteiger partial charge >= 0.3 is 0 Å². The fourth-order valence-corrected chi connectivity index (χ4v) is 1.15. The molecule has 0 saturated carbocycles. The summed E-state index contributed by atoms with van der Waals surface area (Å²) in [5, 5.41) is 13.7. The summed E-state index contributed by atoms with van der Waals surface area (Å²) in [5.41, 5.74) is 3.26. The van der Waals surface area contributed by atoms with Crippen LogP contribution in [0.5, 0.6) is 5.75 Å². The van der Waals surface area contributed by atoms with Crippen molar-refractivity contribution < 1.29 is 9.90 Å². The topological polar surface area (TPSA) is 61.7 Å². The predicted molar refractivity (Wildman–Crippen MR) is 64.0 cm³/mol. The number of aromatic hydroxyl groups is 1. The lowest BCUT2D eigenvalue weighted by Gasteiger charge is -2.04. The zero-order chi connectivity index (χ0) is 12.1. The lowest BCUT2D eigenvalue weighted by atomic mass is 10.2. The summed E-state index contributed by atoms with van der Waals surface area (Å²) in [6.07, 6.45) is 0.752. The number of nitrogens with zero attached hydrogens (tertiary/aromatic N) is 1. The van der Waals surface area contributed by atoms with E-state index in [0.29, 0.717) is 5.02 Å². The minimum atomic E-state index is -0.479. The van der Waals surface area contributed by atoms with Crippen molar-refractivity contribution in [2.75, 3.05) is 0 Å². The maximum absolute atomic E-state index is 11.6. The molecule has 1 rings (SSSR count). The Hall–Kier alpha value is -1.55. The molecule has 0 heterocycles. The van der Waals surface area contributed by atoms with E-state index in [0.717, 1.165) is 12.1 Å². The first-order valence-electron chi connectivity index (χ1n) is 4.86. The SMILES string of the molecule is CCC(C)=NNC(=O)c1cc(Cl)ccc1O. The van der Waals surface area contributed by atoms with Gasteiger partial charge in [0.15, 0.2) is 0 Å². The van der Waals surface area contributed by atoms with Crippen LogP contribution in [-0.2, 0) is 0 Å². The number of hydrazone groups is 1. The number of phenolic OH excluding ortho intramolecular Hbond substituents is 1. The predicted octanol–water partition coefficient (Wildman–Crippen LogP) is 2.56. The second-order valence-corrected chi connectivity index (χ2v) is 3.74. The molecule has 2 N–H and O–H groups in total. The Labute approximate surface area is 98.9 Å². The molecular formula is C11H13ClN2O2. The number of amides is 1. The second-order valence-electron chi connectivity index (χ2n) is 3.30. The standard InChI is InChI=1S/C11H13ClN2O2/c1-3-7(2)13-14-11(16)9-6-8(12)4-5-10(9)15/h4-6,15H,3H2,1-2H3,(H,14,16). The van der Waals surface area contributed by atoms with Crippen molar-refractivity contribution in [1.82, 2.24) is 5.43 Å². The average Bonchev–Trinajstić information content (AvgIpc) is 2.28. The third-order valence-corrected chi connectivity index (χ3v) is 2.30. The Balaban J connectivity index is 2.85. The molecule has 1 amide bonds. The van der Waals surface area contributed by atoms with Crippen molar-refractivity contribution in [1.29, 1.82) is 0 Å². The minimum Gasteiger partial charge on any atom is -0.507 e. The zero-order valence-electron chi connectivity index (χ0n) is 9.12. The zero-order valence-corrected chi connectivity index (χ0v) is 9.88. The number of phenols is 1. The van der Waals surface area contributed by atoms with E-state index in [1.165, 1.54) is 18.2 Å². The van der Waals surface area contributed by atoms with Gasteiger partial charge in [-0.2, -0.15) is 5.10 Å². The van der Waals surface area contributed by atoms with Crippen molar-refractivity contribution in [2.24, 2.45) is 5.10 Å². The van der Waals surface area contributed by atoms with Gasteiger partial charge in [0.1, 0.15) is 5.75 Å². The monoisotopic (exact) mass is 240 g/mol. The molecule has 16 heavy (non-hydrogen) atoms. The van der Waals surface area contributed by atoms with E-state index in [9.17, 15) is 9.90 Å². The van der Waals surface area contributed by atoms with Gasteiger partial charge in [0.25, 0.3) is 5.91 Å². The van der Waals surface area contributed by atoms with Gasteiger partial charge in [-0.25, -0.2) is 5.43 Å². The highest BCUT2D eigenvalue weighted by molar-refractivity contribution is 6.31. The van der Waals surface area contributed by atoms with E-state index in [1.54, 1.807) is 6.92 Å². The number of nitrogens with one attached hydrogen (secondary N) is 1. The molecule has 0 aliphatic rings. The number of carbonyl (C=O) groups is 1. The molecule has 1 aromatic rings. The summed E-state index contributed by atoms with van der Waals surface area (Å²) >= 11 is 5.72. The van der Waals surface area contributed by atoms with Gasteiger partial charge in [0.2, 0.25) is 0 Å². The van der Waals surface area contributed by atoms with Gasteiger partial charge in [-0.1, -0.05) is 18.5 Å². The van der Waals surface area contributed by atoms with Crippen LogP contribution in [0.4, 0.5) is 0 Å². The summed E-state index contributed by atoms with van der Waals surface area (Å²) in [5.74, 6) is -0.598. The van der Waals surface area contributed by atoms with Gasteiger partial charge in [0, 0.05) is 10.7 Å². The number of halogens is 1. The Morgan fingerprint density at radius 2 is 2.25 bits per heavy atom. The summed E-state index contributed by atoms with van der Waals surface area (Å²) in [6.45, 7) is 3.74. The van der Waals surface area contributed by atoms with Crippen LogP contribution in [0.2, 0.25) is 5.02 Å². The molecule has 0 unspecified atom stereocenters. The highest BCUT2D eigenvalue weighted by atomic mass is 35.5. The Kier molecular flexibility index (Phi) is 4.31. The van der Waals surface area contributed by atoms with E-state index in [1.807, 2.05) is 6.92 Å². The van der Waals surface area contributed by atoms with Crippen molar-refractivity contribution in [3.8, 4) is 5.75 Å². The van der Waals surface area contributed by atoms with Crippen LogP contribution in [0.25, 0.3) is 0 Å². The average molecular weight is 241 g/mol. The van der Waals surface area contributed by atoms with E-state index >= 15 is 0 Å². The fraction of sp³-hybridized carbons (Fsp3) is 0.273. The maximum atomic E-state index is 11.6. The van der Waals surface area contributed by atoms with Crippen LogP contribution in [-0.4, -0.2) is 16.7 Å². The third kappa shape index (κ3) is 3.24. The molecule has 0 aromatic heterocycles. The highest BCUT2D eigenvalue weighted by Gasteiger charge is 2.10. The molecule has 0 atom stereocenters. The summed E-state index contributed by atoms with van der Waals surface area (Å²) < 4.78 is 0. The molecule has 5 heteroatoms. The van der Waals surface area contributed by atoms with E-state index in [-0.39, 0.29) is 11.3 Å². The van der Waals surface area contributed by atoms with Crippen LogP contribution in [0, 0.1) is 0 Å². The highest BCUT2D eigenvalue weighted by Crippen LogP contribution is 2.21. The Morgan fingerprint density at radius 1 is 1.56 bits per heavy atom. The lowest BCUT2D eigenvalue weighted by molar-refractivity contribution is 0.0952. The van der Waals surface area contributed by atoms with Gasteiger partial charge in [0.05, 0.1) is 5.56 Å². The van der Waals surface area contributed by atoms with Crippen LogP contribution < -0.4 is 5.43 Å². The van der Waals surface area contributed by atoms with Crippen LogP contribution in [0.1, 0.15) is 30.6 Å². The van der Waals surface area contributed by atoms with E-state index in [2.05, 4.69) is 10.5 Å². The largest absolute Gasteiger partial charge is 0.507 e. The number of rotatable bonds is 3. The van der Waals surface area contributed by atoms with Crippen LogP contribution in [0.15, 0.2) is 23.3 Å². The Bertz CT molecular complexity index is 430. The van der Waals surface area contributed by atoms with Crippen molar-refractivity contribution >= 4 is 23.2 Å². The molecule has 1 aromatic carbocycles. The van der Waals surface area contributed by atoms with Gasteiger partial charge in [-0.05, 0) is 31.5 Å². The van der Waals surface area contributed by atoms with Crippen molar-refractivity contribution in [3.05, 3.63) is 28.8 Å². The maximum Gasteiger partial charge on any atom is 0.275 e. The first kappa shape index (κ1) is 12.5. The molecule has 0 saturated heterocycles. The first-order valence-corrected chi connectivity index (χ1v) is 5.24. The number of benzene rings is 1. The smallest absolute Gasteiger partial charge is 0.275 e. The lowest BCUT2D eigenvalue weighted by Crippen LogP contribution is -2.19. The molecule has 0 aliphatic heterocycles. The van der Waals surface area contributed by atoms with Gasteiger partial charge in [-0.3, -0.25) is 4.79 Å². The molecule has 0 fully saturated rings. The second kappa shape index (κ2) is 5.51. The number of hydrogen-bond acceptors (Lipinski definition) is 3.